The van der Waals surface area contributed by atoms with Crippen molar-refractivity contribution in [1.29, 1.82) is 5.26 Å². The first-order valence-electron chi connectivity index (χ1n) is 4.30. The number of benzene rings is 1. The van der Waals surface area contributed by atoms with Gasteiger partial charge >= 0.3 is 0 Å². The van der Waals surface area contributed by atoms with Crippen LogP contribution in [0.3, 0.4) is 0 Å². The van der Waals surface area contributed by atoms with Gasteiger partial charge in [-0.25, -0.2) is 4.68 Å². The number of nitriles is 1. The molecule has 0 aliphatic rings. The molecule has 15 heavy (non-hydrogen) atoms. The predicted molar refractivity (Wildman–Crippen MR) is 52.6 cm³/mol. The number of hydrogen-bond donors (Lipinski definition) is 0. The Hall–Kier alpha value is -2.35. The molecule has 2 aromatic rings. The lowest BCUT2D eigenvalue weighted by Gasteiger charge is -2.05. The average molecular weight is 200 g/mol. The summed E-state index contributed by atoms with van der Waals surface area (Å²) in [6.45, 7) is 0. The number of methoxy groups -OCH3 is 1. The summed E-state index contributed by atoms with van der Waals surface area (Å²) in [5.74, 6) is 0.649. The van der Waals surface area contributed by atoms with Crippen LogP contribution in [0.1, 0.15) is 5.56 Å². The van der Waals surface area contributed by atoms with Gasteiger partial charge in [-0.2, -0.15) is 5.26 Å². The zero-order chi connectivity index (χ0) is 10.7. The lowest BCUT2D eigenvalue weighted by molar-refractivity contribution is 0.414. The monoisotopic (exact) mass is 200 g/mol. The zero-order valence-electron chi connectivity index (χ0n) is 8.08. The molecule has 0 saturated heterocycles. The van der Waals surface area contributed by atoms with Crippen LogP contribution in [0.4, 0.5) is 0 Å². The maximum atomic E-state index is 8.97. The van der Waals surface area contributed by atoms with E-state index in [0.717, 1.165) is 0 Å². The standard InChI is InChI=1S/C10H8N4O/c1-15-9-2-3-10(8(6-9)7-11)14-5-4-12-13-14/h2-6H,1H3. The van der Waals surface area contributed by atoms with Crippen molar-refractivity contribution in [1.82, 2.24) is 15.0 Å². The maximum Gasteiger partial charge on any atom is 0.120 e. The van der Waals surface area contributed by atoms with Crippen LogP contribution in [-0.2, 0) is 0 Å². The van der Waals surface area contributed by atoms with Gasteiger partial charge in [0.25, 0.3) is 0 Å². The van der Waals surface area contributed by atoms with Crippen molar-refractivity contribution in [2.75, 3.05) is 7.11 Å². The van der Waals surface area contributed by atoms with Crippen molar-refractivity contribution < 1.29 is 4.74 Å². The molecule has 0 amide bonds. The summed E-state index contributed by atoms with van der Waals surface area (Å²) in [4.78, 5) is 0. The third kappa shape index (κ3) is 1.65. The van der Waals surface area contributed by atoms with Gasteiger partial charge in [0.2, 0.25) is 0 Å². The number of nitrogens with zero attached hydrogens (tertiary/aromatic N) is 4. The molecule has 0 aliphatic carbocycles. The summed E-state index contributed by atoms with van der Waals surface area (Å²) in [5.41, 5.74) is 1.19. The first kappa shape index (κ1) is 9.21. The molecular weight excluding hydrogens is 192 g/mol. The molecule has 0 aliphatic heterocycles. The lowest BCUT2D eigenvalue weighted by Crippen LogP contribution is -1.98. The molecule has 0 atom stereocenters. The summed E-state index contributed by atoms with van der Waals surface area (Å²) < 4.78 is 6.57. The first-order chi connectivity index (χ1) is 7.35. The highest BCUT2D eigenvalue weighted by atomic mass is 16.5. The van der Waals surface area contributed by atoms with E-state index < -0.39 is 0 Å². The Kier molecular flexibility index (Phi) is 2.33. The Balaban J connectivity index is 2.54. The van der Waals surface area contributed by atoms with E-state index in [1.165, 1.54) is 4.68 Å². The van der Waals surface area contributed by atoms with Gasteiger partial charge in [0.05, 0.1) is 30.8 Å². The normalized spacial score (nSPS) is 9.60. The van der Waals surface area contributed by atoms with Gasteiger partial charge < -0.3 is 4.74 Å². The third-order valence-corrected chi connectivity index (χ3v) is 1.99. The second kappa shape index (κ2) is 3.80. The van der Waals surface area contributed by atoms with E-state index in [0.29, 0.717) is 17.0 Å². The molecule has 5 heteroatoms. The third-order valence-electron chi connectivity index (χ3n) is 1.99. The van der Waals surface area contributed by atoms with Crippen molar-refractivity contribution in [3.63, 3.8) is 0 Å². The second-order valence-corrected chi connectivity index (χ2v) is 2.84. The number of rotatable bonds is 2. The Morgan fingerprint density at radius 2 is 2.33 bits per heavy atom. The highest BCUT2D eigenvalue weighted by molar-refractivity contribution is 5.51. The quantitative estimate of drug-likeness (QED) is 0.729. The Morgan fingerprint density at radius 1 is 1.47 bits per heavy atom. The molecule has 1 aromatic heterocycles. The Morgan fingerprint density at radius 3 is 2.93 bits per heavy atom. The molecule has 5 nitrogen and oxygen atoms in total. The Labute approximate surface area is 86.5 Å². The molecule has 0 radical (unpaired) electrons. The van der Waals surface area contributed by atoms with Crippen molar-refractivity contribution in [2.45, 2.75) is 0 Å². The number of ether oxygens (including phenoxy) is 1. The molecule has 0 fully saturated rings. The summed E-state index contributed by atoms with van der Waals surface area (Å²) in [5, 5.41) is 16.5. The van der Waals surface area contributed by atoms with E-state index in [9.17, 15) is 0 Å². The summed E-state index contributed by atoms with van der Waals surface area (Å²) >= 11 is 0. The maximum absolute atomic E-state index is 8.97. The van der Waals surface area contributed by atoms with E-state index in [4.69, 9.17) is 10.00 Å². The number of hydrogen-bond acceptors (Lipinski definition) is 4. The van der Waals surface area contributed by atoms with E-state index in [-0.39, 0.29) is 0 Å². The molecule has 0 saturated carbocycles. The van der Waals surface area contributed by atoms with Crippen molar-refractivity contribution in [3.05, 3.63) is 36.2 Å². The van der Waals surface area contributed by atoms with Crippen molar-refractivity contribution in [3.8, 4) is 17.5 Å². The Bertz CT molecular complexity index is 499. The van der Waals surface area contributed by atoms with E-state index in [1.807, 2.05) is 0 Å². The van der Waals surface area contributed by atoms with Crippen LogP contribution >= 0.6 is 0 Å². The van der Waals surface area contributed by atoms with Gasteiger partial charge in [0.1, 0.15) is 11.8 Å². The fourth-order valence-corrected chi connectivity index (χ4v) is 1.27. The predicted octanol–water partition coefficient (Wildman–Crippen LogP) is 1.15. The zero-order valence-corrected chi connectivity index (χ0v) is 8.08. The van der Waals surface area contributed by atoms with E-state index in [1.54, 1.807) is 37.7 Å². The smallest absolute Gasteiger partial charge is 0.120 e. The molecule has 0 bridgehead atoms. The highest BCUT2D eigenvalue weighted by Gasteiger charge is 2.06. The van der Waals surface area contributed by atoms with Crippen molar-refractivity contribution in [2.24, 2.45) is 0 Å². The topological polar surface area (TPSA) is 63.7 Å². The van der Waals surface area contributed by atoms with Gasteiger partial charge in [-0.3, -0.25) is 0 Å². The van der Waals surface area contributed by atoms with Crippen LogP contribution in [0.25, 0.3) is 5.69 Å². The SMILES string of the molecule is COc1ccc(-n2ccnn2)c(C#N)c1. The van der Waals surface area contributed by atoms with E-state index in [2.05, 4.69) is 16.4 Å². The van der Waals surface area contributed by atoms with Gasteiger partial charge in [0.15, 0.2) is 0 Å². The molecule has 1 heterocycles. The highest BCUT2D eigenvalue weighted by Crippen LogP contribution is 2.19. The van der Waals surface area contributed by atoms with Crippen molar-refractivity contribution >= 4 is 0 Å². The molecule has 1 aromatic carbocycles. The molecule has 0 unspecified atom stereocenters. The molecule has 0 N–H and O–H groups in total. The van der Waals surface area contributed by atoms with Gasteiger partial charge in [-0.15, -0.1) is 5.10 Å². The summed E-state index contributed by atoms with van der Waals surface area (Å²) in [6, 6.07) is 7.30. The minimum absolute atomic E-state index is 0.500. The number of aromatic nitrogens is 3. The van der Waals surface area contributed by atoms with Crippen LogP contribution in [0.15, 0.2) is 30.6 Å². The fraction of sp³-hybridized carbons (Fsp3) is 0.100. The van der Waals surface area contributed by atoms with Crippen LogP contribution < -0.4 is 4.74 Å². The lowest BCUT2D eigenvalue weighted by atomic mass is 10.2. The molecule has 0 spiro atoms. The van der Waals surface area contributed by atoms with Gasteiger partial charge in [-0.05, 0) is 12.1 Å². The largest absolute Gasteiger partial charge is 0.497 e. The van der Waals surface area contributed by atoms with Gasteiger partial charge in [-0.1, -0.05) is 5.21 Å². The minimum Gasteiger partial charge on any atom is -0.497 e. The average Bonchev–Trinajstić information content (AvgIpc) is 2.81. The first-order valence-corrected chi connectivity index (χ1v) is 4.30. The minimum atomic E-state index is 0.500. The van der Waals surface area contributed by atoms with Crippen LogP contribution in [0.2, 0.25) is 0 Å². The molecular formula is C10H8N4O. The second-order valence-electron chi connectivity index (χ2n) is 2.84. The molecule has 74 valence electrons. The van der Waals surface area contributed by atoms with Gasteiger partial charge in [0, 0.05) is 6.07 Å². The fourth-order valence-electron chi connectivity index (χ4n) is 1.27. The summed E-state index contributed by atoms with van der Waals surface area (Å²) in [7, 11) is 1.56. The molecule has 2 rings (SSSR count). The summed E-state index contributed by atoms with van der Waals surface area (Å²) in [6.07, 6.45) is 3.24. The van der Waals surface area contributed by atoms with Crippen LogP contribution in [0, 0.1) is 11.3 Å². The van der Waals surface area contributed by atoms with Crippen LogP contribution in [0.5, 0.6) is 5.75 Å². The van der Waals surface area contributed by atoms with E-state index >= 15 is 0 Å². The van der Waals surface area contributed by atoms with Crippen LogP contribution in [-0.4, -0.2) is 22.1 Å².